The molecule has 0 bridgehead atoms. The molecule has 0 aromatic heterocycles. The van der Waals surface area contributed by atoms with Crippen LogP contribution in [0.1, 0.15) is 32.1 Å². The maximum atomic E-state index is 11.7. The number of carbonyl (C=O) groups is 3. The first-order valence-corrected chi connectivity index (χ1v) is 5.80. The monoisotopic (exact) mass is 252 g/mol. The van der Waals surface area contributed by atoms with Gasteiger partial charge in [0.2, 0.25) is 11.8 Å². The molecular weight excluding hydrogens is 236 g/mol. The van der Waals surface area contributed by atoms with Crippen LogP contribution in [0.2, 0.25) is 0 Å². The molecule has 1 heterocycles. The van der Waals surface area contributed by atoms with Crippen molar-refractivity contribution in [2.75, 3.05) is 0 Å². The molecule has 2 atom stereocenters. The Balaban J connectivity index is 2.45. The van der Waals surface area contributed by atoms with E-state index in [2.05, 4.69) is 16.6 Å². The summed E-state index contributed by atoms with van der Waals surface area (Å²) in [6, 6.07) is -1.57. The molecule has 0 aromatic carbocycles. The van der Waals surface area contributed by atoms with Crippen LogP contribution in [0.25, 0.3) is 0 Å². The lowest BCUT2D eigenvalue weighted by atomic mass is 10.1. The number of hydrogen-bond acceptors (Lipinski definition) is 3. The molecule has 0 aromatic rings. The van der Waals surface area contributed by atoms with E-state index >= 15 is 0 Å². The molecule has 0 saturated carbocycles. The molecule has 1 aliphatic heterocycles. The van der Waals surface area contributed by atoms with Gasteiger partial charge in [0.1, 0.15) is 12.1 Å². The van der Waals surface area contributed by atoms with Gasteiger partial charge in [-0.15, -0.1) is 12.3 Å². The number of aliphatic carboxylic acids is 1. The van der Waals surface area contributed by atoms with Crippen LogP contribution in [0.3, 0.4) is 0 Å². The zero-order valence-electron chi connectivity index (χ0n) is 9.94. The van der Waals surface area contributed by atoms with Crippen LogP contribution in [-0.4, -0.2) is 35.0 Å². The standard InChI is InChI=1S/C12H16N2O4/c1-2-3-4-5-9(12(17)18)14-11(16)8-6-7-10(15)13-8/h1,8-9H,3-7H2,(H,13,15)(H,14,16)(H,17,18)/t8-,9-/m0/s1. The Morgan fingerprint density at radius 3 is 2.83 bits per heavy atom. The van der Waals surface area contributed by atoms with E-state index in [-0.39, 0.29) is 12.3 Å². The summed E-state index contributed by atoms with van der Waals surface area (Å²) in [4.78, 5) is 33.6. The van der Waals surface area contributed by atoms with Crippen molar-refractivity contribution in [3.8, 4) is 12.3 Å². The minimum absolute atomic E-state index is 0.186. The van der Waals surface area contributed by atoms with E-state index in [1.165, 1.54) is 0 Å². The number of rotatable bonds is 6. The number of hydrogen-bond donors (Lipinski definition) is 3. The first-order chi connectivity index (χ1) is 8.54. The van der Waals surface area contributed by atoms with Crippen LogP contribution in [-0.2, 0) is 14.4 Å². The van der Waals surface area contributed by atoms with Crippen molar-refractivity contribution in [2.45, 2.75) is 44.2 Å². The molecule has 1 rings (SSSR count). The Hall–Kier alpha value is -2.03. The largest absolute Gasteiger partial charge is 0.480 e. The highest BCUT2D eigenvalue weighted by Crippen LogP contribution is 2.08. The van der Waals surface area contributed by atoms with Gasteiger partial charge < -0.3 is 15.7 Å². The summed E-state index contributed by atoms with van der Waals surface area (Å²) in [6.45, 7) is 0. The second-order valence-corrected chi connectivity index (χ2v) is 4.15. The Bertz CT molecular complexity index is 386. The molecule has 0 unspecified atom stereocenters. The van der Waals surface area contributed by atoms with Gasteiger partial charge in [0, 0.05) is 12.8 Å². The van der Waals surface area contributed by atoms with Crippen LogP contribution in [0, 0.1) is 12.3 Å². The van der Waals surface area contributed by atoms with E-state index in [1.54, 1.807) is 0 Å². The molecule has 1 saturated heterocycles. The van der Waals surface area contributed by atoms with Crippen molar-refractivity contribution in [2.24, 2.45) is 0 Å². The summed E-state index contributed by atoms with van der Waals surface area (Å²) in [6.07, 6.45) is 7.07. The Morgan fingerprint density at radius 2 is 2.33 bits per heavy atom. The van der Waals surface area contributed by atoms with Crippen molar-refractivity contribution in [3.63, 3.8) is 0 Å². The SMILES string of the molecule is C#CCCC[C@H](NC(=O)[C@@H]1CCC(=O)N1)C(=O)O. The summed E-state index contributed by atoms with van der Waals surface area (Å²) in [5, 5.41) is 13.9. The van der Waals surface area contributed by atoms with Gasteiger partial charge >= 0.3 is 5.97 Å². The summed E-state index contributed by atoms with van der Waals surface area (Å²) in [7, 11) is 0. The molecule has 0 aliphatic carbocycles. The number of nitrogens with one attached hydrogen (secondary N) is 2. The van der Waals surface area contributed by atoms with Crippen LogP contribution in [0.5, 0.6) is 0 Å². The highest BCUT2D eigenvalue weighted by Gasteiger charge is 2.30. The quantitative estimate of drug-likeness (QED) is 0.444. The van der Waals surface area contributed by atoms with Crippen LogP contribution < -0.4 is 10.6 Å². The van der Waals surface area contributed by atoms with E-state index in [4.69, 9.17) is 11.5 Å². The fraction of sp³-hybridized carbons (Fsp3) is 0.583. The summed E-state index contributed by atoms with van der Waals surface area (Å²) in [5.41, 5.74) is 0. The van der Waals surface area contributed by atoms with Crippen molar-refractivity contribution in [1.29, 1.82) is 0 Å². The average Bonchev–Trinajstić information content (AvgIpc) is 2.74. The van der Waals surface area contributed by atoms with Crippen molar-refractivity contribution in [3.05, 3.63) is 0 Å². The molecule has 2 amide bonds. The molecular formula is C12H16N2O4. The Labute approximate surface area is 105 Å². The molecule has 6 heteroatoms. The zero-order chi connectivity index (χ0) is 13.5. The van der Waals surface area contributed by atoms with Crippen LogP contribution >= 0.6 is 0 Å². The van der Waals surface area contributed by atoms with Crippen molar-refractivity contribution < 1.29 is 19.5 Å². The maximum Gasteiger partial charge on any atom is 0.326 e. The predicted molar refractivity (Wildman–Crippen MR) is 63.4 cm³/mol. The van der Waals surface area contributed by atoms with Crippen LogP contribution in [0.4, 0.5) is 0 Å². The first kappa shape index (κ1) is 14.0. The van der Waals surface area contributed by atoms with E-state index in [9.17, 15) is 14.4 Å². The molecule has 0 radical (unpaired) electrons. The molecule has 98 valence electrons. The molecule has 0 spiro atoms. The fourth-order valence-electron chi connectivity index (χ4n) is 1.75. The fourth-order valence-corrected chi connectivity index (χ4v) is 1.75. The second-order valence-electron chi connectivity index (χ2n) is 4.15. The third kappa shape index (κ3) is 4.09. The van der Waals surface area contributed by atoms with Gasteiger partial charge in [-0.3, -0.25) is 9.59 Å². The van der Waals surface area contributed by atoms with Gasteiger partial charge in [0.25, 0.3) is 0 Å². The molecule has 1 aliphatic rings. The van der Waals surface area contributed by atoms with Gasteiger partial charge in [-0.2, -0.15) is 0 Å². The highest BCUT2D eigenvalue weighted by atomic mass is 16.4. The minimum atomic E-state index is -1.09. The first-order valence-electron chi connectivity index (χ1n) is 5.80. The highest BCUT2D eigenvalue weighted by molar-refractivity contribution is 5.92. The van der Waals surface area contributed by atoms with Gasteiger partial charge in [-0.1, -0.05) is 0 Å². The molecule has 6 nitrogen and oxygen atoms in total. The lowest BCUT2D eigenvalue weighted by Gasteiger charge is -2.16. The zero-order valence-corrected chi connectivity index (χ0v) is 9.94. The van der Waals surface area contributed by atoms with E-state index in [1.807, 2.05) is 0 Å². The number of carboxylic acids is 1. The third-order valence-corrected chi connectivity index (χ3v) is 2.74. The van der Waals surface area contributed by atoms with Crippen LogP contribution in [0.15, 0.2) is 0 Å². The minimum Gasteiger partial charge on any atom is -0.480 e. The van der Waals surface area contributed by atoms with Gasteiger partial charge in [0.15, 0.2) is 0 Å². The lowest BCUT2D eigenvalue weighted by molar-refractivity contribution is -0.142. The van der Waals surface area contributed by atoms with Gasteiger partial charge in [-0.25, -0.2) is 4.79 Å². The summed E-state index contributed by atoms with van der Waals surface area (Å²) >= 11 is 0. The molecule has 18 heavy (non-hydrogen) atoms. The van der Waals surface area contributed by atoms with Crippen molar-refractivity contribution >= 4 is 17.8 Å². The van der Waals surface area contributed by atoms with E-state index in [0.717, 1.165) is 0 Å². The Morgan fingerprint density at radius 1 is 1.61 bits per heavy atom. The number of terminal acetylenes is 1. The normalized spacial score (nSPS) is 19.7. The average molecular weight is 252 g/mol. The number of carbonyl (C=O) groups excluding carboxylic acids is 2. The number of carboxylic acid groups (broad SMARTS) is 1. The number of amides is 2. The molecule has 1 fully saturated rings. The lowest BCUT2D eigenvalue weighted by Crippen LogP contribution is -2.48. The summed E-state index contributed by atoms with van der Waals surface area (Å²) in [5.74, 6) is 0.685. The van der Waals surface area contributed by atoms with E-state index < -0.39 is 24.0 Å². The van der Waals surface area contributed by atoms with E-state index in [0.29, 0.717) is 25.7 Å². The summed E-state index contributed by atoms with van der Waals surface area (Å²) < 4.78 is 0. The third-order valence-electron chi connectivity index (χ3n) is 2.74. The van der Waals surface area contributed by atoms with Gasteiger partial charge in [-0.05, 0) is 19.3 Å². The Kier molecular flexibility index (Phi) is 5.18. The maximum absolute atomic E-state index is 11.7. The smallest absolute Gasteiger partial charge is 0.326 e. The topological polar surface area (TPSA) is 95.5 Å². The van der Waals surface area contributed by atoms with Gasteiger partial charge in [0.05, 0.1) is 0 Å². The van der Waals surface area contributed by atoms with Crippen molar-refractivity contribution in [1.82, 2.24) is 10.6 Å². The predicted octanol–water partition coefficient (Wildman–Crippen LogP) is -0.362. The second kappa shape index (κ2) is 6.64. The number of unbranched alkanes of at least 4 members (excludes halogenated alkanes) is 1. The molecule has 3 N–H and O–H groups in total.